The minimum Gasteiger partial charge on any atom is -0.393 e. The topological polar surface area (TPSA) is 52.6 Å². The first-order valence-electron chi connectivity index (χ1n) is 6.21. The van der Waals surface area contributed by atoms with E-state index in [0.717, 1.165) is 5.56 Å². The summed E-state index contributed by atoms with van der Waals surface area (Å²) >= 11 is 11.7. The van der Waals surface area contributed by atoms with Crippen molar-refractivity contribution in [2.24, 2.45) is 0 Å². The minimum atomic E-state index is -0.279. The number of hydrogen-bond acceptors (Lipinski definition) is 2. The Bertz CT molecular complexity index is 460. The number of likely N-dealkylation sites (tertiary alicyclic amines) is 1. The van der Waals surface area contributed by atoms with E-state index in [1.54, 1.807) is 17.0 Å². The molecule has 0 aromatic heterocycles. The Hall–Kier alpha value is -0.970. The maximum atomic E-state index is 11.9. The van der Waals surface area contributed by atoms with Crippen molar-refractivity contribution in [2.75, 3.05) is 13.1 Å². The molecule has 1 fully saturated rings. The van der Waals surface area contributed by atoms with Crippen LogP contribution < -0.4 is 5.32 Å². The molecule has 0 radical (unpaired) electrons. The number of aliphatic hydroxyl groups is 1. The number of piperidine rings is 1. The van der Waals surface area contributed by atoms with Gasteiger partial charge >= 0.3 is 6.03 Å². The molecule has 1 aliphatic heterocycles. The molecule has 2 amide bonds. The molecular weight excluding hydrogens is 287 g/mol. The molecule has 0 atom stereocenters. The van der Waals surface area contributed by atoms with Crippen molar-refractivity contribution < 1.29 is 9.90 Å². The van der Waals surface area contributed by atoms with Gasteiger partial charge < -0.3 is 15.3 Å². The highest BCUT2D eigenvalue weighted by Gasteiger charge is 2.20. The van der Waals surface area contributed by atoms with Crippen LogP contribution in [-0.4, -0.2) is 35.2 Å². The lowest BCUT2D eigenvalue weighted by Gasteiger charge is -2.29. The predicted molar refractivity (Wildman–Crippen MR) is 75.5 cm³/mol. The van der Waals surface area contributed by atoms with Crippen LogP contribution in [0.5, 0.6) is 0 Å². The van der Waals surface area contributed by atoms with Gasteiger partial charge in [-0.25, -0.2) is 4.79 Å². The Balaban J connectivity index is 1.84. The van der Waals surface area contributed by atoms with Gasteiger partial charge in [0.05, 0.1) is 16.1 Å². The van der Waals surface area contributed by atoms with Gasteiger partial charge in [-0.2, -0.15) is 0 Å². The quantitative estimate of drug-likeness (QED) is 0.882. The van der Waals surface area contributed by atoms with E-state index in [-0.39, 0.29) is 12.1 Å². The second-order valence-electron chi connectivity index (χ2n) is 4.63. The van der Waals surface area contributed by atoms with Crippen LogP contribution in [-0.2, 0) is 6.54 Å². The summed E-state index contributed by atoms with van der Waals surface area (Å²) in [6, 6.07) is 5.17. The normalized spacial score (nSPS) is 16.5. The molecule has 104 valence electrons. The second-order valence-corrected chi connectivity index (χ2v) is 5.44. The zero-order valence-electron chi connectivity index (χ0n) is 10.4. The Morgan fingerprint density at radius 3 is 2.63 bits per heavy atom. The minimum absolute atomic E-state index is 0.113. The van der Waals surface area contributed by atoms with Crippen molar-refractivity contribution in [3.05, 3.63) is 33.8 Å². The van der Waals surface area contributed by atoms with Crippen LogP contribution in [0, 0.1) is 0 Å². The zero-order valence-corrected chi connectivity index (χ0v) is 11.9. The lowest BCUT2D eigenvalue weighted by Crippen LogP contribution is -2.45. The lowest BCUT2D eigenvalue weighted by atomic mass is 10.1. The average Bonchev–Trinajstić information content (AvgIpc) is 2.40. The Morgan fingerprint density at radius 2 is 2.00 bits per heavy atom. The fraction of sp³-hybridized carbons (Fsp3) is 0.462. The van der Waals surface area contributed by atoms with Gasteiger partial charge in [-0.1, -0.05) is 29.3 Å². The number of carbonyl (C=O) groups is 1. The van der Waals surface area contributed by atoms with Gasteiger partial charge in [0, 0.05) is 19.6 Å². The van der Waals surface area contributed by atoms with Gasteiger partial charge in [0.15, 0.2) is 0 Å². The number of benzene rings is 1. The van der Waals surface area contributed by atoms with E-state index in [4.69, 9.17) is 23.2 Å². The molecule has 1 aromatic rings. The summed E-state index contributed by atoms with van der Waals surface area (Å²) in [5.41, 5.74) is 0.903. The number of rotatable bonds is 2. The van der Waals surface area contributed by atoms with Crippen LogP contribution in [0.4, 0.5) is 4.79 Å². The summed E-state index contributed by atoms with van der Waals surface area (Å²) < 4.78 is 0. The molecule has 1 aromatic carbocycles. The van der Waals surface area contributed by atoms with Gasteiger partial charge in [0.25, 0.3) is 0 Å². The van der Waals surface area contributed by atoms with Crippen molar-refractivity contribution in [3.8, 4) is 0 Å². The summed E-state index contributed by atoms with van der Waals surface area (Å²) in [5, 5.41) is 13.2. The summed E-state index contributed by atoms with van der Waals surface area (Å²) in [4.78, 5) is 13.6. The van der Waals surface area contributed by atoms with Crippen molar-refractivity contribution in [2.45, 2.75) is 25.5 Å². The van der Waals surface area contributed by atoms with Gasteiger partial charge in [0.2, 0.25) is 0 Å². The molecule has 0 saturated carbocycles. The first-order chi connectivity index (χ1) is 9.06. The van der Waals surface area contributed by atoms with Crippen LogP contribution in [0.3, 0.4) is 0 Å². The van der Waals surface area contributed by atoms with E-state index in [9.17, 15) is 9.90 Å². The largest absolute Gasteiger partial charge is 0.393 e. The van der Waals surface area contributed by atoms with E-state index in [1.165, 1.54) is 0 Å². The van der Waals surface area contributed by atoms with E-state index in [2.05, 4.69) is 5.32 Å². The molecule has 4 nitrogen and oxygen atoms in total. The monoisotopic (exact) mass is 302 g/mol. The number of halogens is 2. The van der Waals surface area contributed by atoms with Crippen LogP contribution in [0.2, 0.25) is 10.0 Å². The molecule has 1 aliphatic rings. The molecule has 2 rings (SSSR count). The van der Waals surface area contributed by atoms with Gasteiger partial charge in [-0.3, -0.25) is 0 Å². The van der Waals surface area contributed by atoms with Crippen molar-refractivity contribution >= 4 is 29.2 Å². The van der Waals surface area contributed by atoms with Gasteiger partial charge in [-0.05, 0) is 30.5 Å². The molecule has 1 heterocycles. The Labute approximate surface area is 122 Å². The molecular formula is C13H16Cl2N2O2. The van der Waals surface area contributed by atoms with E-state index >= 15 is 0 Å². The number of nitrogens with one attached hydrogen (secondary N) is 1. The SMILES string of the molecule is O=C(NCc1ccc(Cl)c(Cl)c1)N1CCC(O)CC1. The molecule has 0 aliphatic carbocycles. The zero-order chi connectivity index (χ0) is 13.8. The van der Waals surface area contributed by atoms with Crippen LogP contribution in [0.15, 0.2) is 18.2 Å². The fourth-order valence-electron chi connectivity index (χ4n) is 2.01. The van der Waals surface area contributed by atoms with E-state index in [1.807, 2.05) is 6.07 Å². The van der Waals surface area contributed by atoms with Gasteiger partial charge in [-0.15, -0.1) is 0 Å². The van der Waals surface area contributed by atoms with Crippen molar-refractivity contribution in [3.63, 3.8) is 0 Å². The third-order valence-electron chi connectivity index (χ3n) is 3.18. The van der Waals surface area contributed by atoms with E-state index < -0.39 is 0 Å². The molecule has 2 N–H and O–H groups in total. The summed E-state index contributed by atoms with van der Waals surface area (Å²) in [6.07, 6.45) is 1.000. The maximum absolute atomic E-state index is 11.9. The highest BCUT2D eigenvalue weighted by Crippen LogP contribution is 2.22. The Kier molecular flexibility index (Phi) is 4.91. The summed E-state index contributed by atoms with van der Waals surface area (Å²) in [7, 11) is 0. The summed E-state index contributed by atoms with van der Waals surface area (Å²) in [6.45, 7) is 1.59. The maximum Gasteiger partial charge on any atom is 0.317 e. The highest BCUT2D eigenvalue weighted by atomic mass is 35.5. The molecule has 6 heteroatoms. The number of nitrogens with zero attached hydrogens (tertiary/aromatic N) is 1. The number of carbonyl (C=O) groups excluding carboxylic acids is 1. The third-order valence-corrected chi connectivity index (χ3v) is 3.92. The molecule has 1 saturated heterocycles. The lowest BCUT2D eigenvalue weighted by molar-refractivity contribution is 0.0936. The number of amides is 2. The van der Waals surface area contributed by atoms with Crippen LogP contribution in [0.1, 0.15) is 18.4 Å². The second kappa shape index (κ2) is 6.46. The molecule has 19 heavy (non-hydrogen) atoms. The number of hydrogen-bond donors (Lipinski definition) is 2. The van der Waals surface area contributed by atoms with E-state index in [0.29, 0.717) is 42.5 Å². The van der Waals surface area contributed by atoms with Crippen molar-refractivity contribution in [1.82, 2.24) is 10.2 Å². The smallest absolute Gasteiger partial charge is 0.317 e. The fourth-order valence-corrected chi connectivity index (χ4v) is 2.33. The highest BCUT2D eigenvalue weighted by molar-refractivity contribution is 6.42. The molecule has 0 spiro atoms. The van der Waals surface area contributed by atoms with Crippen molar-refractivity contribution in [1.29, 1.82) is 0 Å². The average molecular weight is 303 g/mol. The summed E-state index contributed by atoms with van der Waals surface area (Å²) in [5.74, 6) is 0. The Morgan fingerprint density at radius 1 is 1.32 bits per heavy atom. The number of aliphatic hydroxyl groups excluding tert-OH is 1. The predicted octanol–water partition coefficient (Wildman–Crippen LogP) is 2.66. The standard InChI is InChI=1S/C13H16Cl2N2O2/c14-11-2-1-9(7-12(11)15)8-16-13(19)17-5-3-10(18)4-6-17/h1-2,7,10,18H,3-6,8H2,(H,16,19). The molecule has 0 bridgehead atoms. The first kappa shape index (κ1) is 14.4. The van der Waals surface area contributed by atoms with Crippen LogP contribution in [0.25, 0.3) is 0 Å². The first-order valence-corrected chi connectivity index (χ1v) is 6.96. The third kappa shape index (κ3) is 4.00. The molecule has 0 unspecified atom stereocenters. The number of urea groups is 1. The van der Waals surface area contributed by atoms with Gasteiger partial charge in [0.1, 0.15) is 0 Å². The van der Waals surface area contributed by atoms with Crippen LogP contribution >= 0.6 is 23.2 Å².